The lowest BCUT2D eigenvalue weighted by Gasteiger charge is -2.47. The number of nitrogens with one attached hydrogen (secondary N) is 1. The van der Waals surface area contributed by atoms with Crippen LogP contribution < -0.4 is 5.32 Å². The van der Waals surface area contributed by atoms with E-state index < -0.39 is 5.60 Å². The second kappa shape index (κ2) is 5.50. The summed E-state index contributed by atoms with van der Waals surface area (Å²) in [5.74, 6) is 0. The first-order valence-corrected chi connectivity index (χ1v) is 7.18. The first-order valence-electron chi connectivity index (χ1n) is 7.18. The molecule has 0 spiro atoms. The highest BCUT2D eigenvalue weighted by molar-refractivity contribution is 5.71. The molecule has 20 heavy (non-hydrogen) atoms. The van der Waals surface area contributed by atoms with E-state index in [4.69, 9.17) is 9.47 Å². The van der Waals surface area contributed by atoms with Crippen LogP contribution in [0.15, 0.2) is 0 Å². The molecule has 3 atom stereocenters. The maximum absolute atomic E-state index is 12.6. The maximum atomic E-state index is 12.6. The van der Waals surface area contributed by atoms with Crippen molar-refractivity contribution in [3.05, 3.63) is 0 Å². The highest BCUT2D eigenvalue weighted by Gasteiger charge is 2.55. The minimum absolute atomic E-state index is 0.0209. The van der Waals surface area contributed by atoms with Crippen molar-refractivity contribution in [3.8, 4) is 0 Å². The predicted molar refractivity (Wildman–Crippen MR) is 74.6 cm³/mol. The Morgan fingerprint density at radius 3 is 2.75 bits per heavy atom. The van der Waals surface area contributed by atoms with Crippen molar-refractivity contribution in [2.24, 2.45) is 0 Å². The fourth-order valence-electron chi connectivity index (χ4n) is 3.32. The zero-order chi connectivity index (χ0) is 15.0. The zero-order valence-electron chi connectivity index (χ0n) is 12.8. The van der Waals surface area contributed by atoms with Gasteiger partial charge in [0.05, 0.1) is 30.8 Å². The summed E-state index contributed by atoms with van der Waals surface area (Å²) in [6.07, 6.45) is 1.42. The summed E-state index contributed by atoms with van der Waals surface area (Å²) in [7, 11) is 1.65. The lowest BCUT2D eigenvalue weighted by molar-refractivity contribution is -0.0433. The van der Waals surface area contributed by atoms with Crippen molar-refractivity contribution in [1.29, 1.82) is 0 Å². The summed E-state index contributed by atoms with van der Waals surface area (Å²) in [6, 6.07) is -0.117. The van der Waals surface area contributed by atoms with Gasteiger partial charge in [-0.1, -0.05) is 0 Å². The van der Waals surface area contributed by atoms with E-state index in [9.17, 15) is 9.90 Å². The van der Waals surface area contributed by atoms with E-state index in [0.717, 1.165) is 12.8 Å². The molecule has 1 amide bonds. The van der Waals surface area contributed by atoms with E-state index in [1.165, 1.54) is 0 Å². The Balaban J connectivity index is 2.23. The molecule has 0 aromatic heterocycles. The molecule has 2 heterocycles. The fraction of sp³-hybridized carbons (Fsp3) is 0.929. The van der Waals surface area contributed by atoms with Crippen LogP contribution in [0.5, 0.6) is 0 Å². The Morgan fingerprint density at radius 1 is 1.50 bits per heavy atom. The third kappa shape index (κ3) is 2.77. The van der Waals surface area contributed by atoms with Crippen LogP contribution in [0.2, 0.25) is 0 Å². The SMILES string of the molecule is COC[C@@]12CC[C@@H](C(CO)NC1)N2C(=O)OC(C)(C)C. The number of piperazine rings is 1. The topological polar surface area (TPSA) is 71.0 Å². The van der Waals surface area contributed by atoms with Crippen molar-refractivity contribution in [3.63, 3.8) is 0 Å². The van der Waals surface area contributed by atoms with Gasteiger partial charge in [-0.25, -0.2) is 4.79 Å². The van der Waals surface area contributed by atoms with Gasteiger partial charge in [-0.05, 0) is 33.6 Å². The second-order valence-corrected chi connectivity index (χ2v) is 6.78. The van der Waals surface area contributed by atoms with Gasteiger partial charge in [-0.3, -0.25) is 4.90 Å². The van der Waals surface area contributed by atoms with Crippen molar-refractivity contribution in [2.75, 3.05) is 26.9 Å². The monoisotopic (exact) mass is 286 g/mol. The minimum atomic E-state index is -0.523. The molecule has 2 aliphatic rings. The molecule has 2 N–H and O–H groups in total. The van der Waals surface area contributed by atoms with Crippen molar-refractivity contribution >= 4 is 6.09 Å². The zero-order valence-corrected chi connectivity index (χ0v) is 12.8. The molecule has 2 fully saturated rings. The van der Waals surface area contributed by atoms with Gasteiger partial charge >= 0.3 is 6.09 Å². The molecule has 6 nitrogen and oxygen atoms in total. The van der Waals surface area contributed by atoms with E-state index in [-0.39, 0.29) is 30.3 Å². The molecule has 0 aromatic rings. The van der Waals surface area contributed by atoms with Crippen LogP contribution in [0, 0.1) is 0 Å². The third-order valence-electron chi connectivity index (χ3n) is 4.11. The highest BCUT2D eigenvalue weighted by Crippen LogP contribution is 2.39. The molecule has 6 heteroatoms. The number of fused-ring (bicyclic) bond motifs is 2. The van der Waals surface area contributed by atoms with Crippen LogP contribution in [0.3, 0.4) is 0 Å². The summed E-state index contributed by atoms with van der Waals surface area (Å²) in [5.41, 5.74) is -0.877. The third-order valence-corrected chi connectivity index (χ3v) is 4.11. The number of nitrogens with zero attached hydrogens (tertiary/aromatic N) is 1. The van der Waals surface area contributed by atoms with Crippen LogP contribution in [-0.4, -0.2) is 66.2 Å². The van der Waals surface area contributed by atoms with Crippen LogP contribution in [0.1, 0.15) is 33.6 Å². The molecule has 1 unspecified atom stereocenters. The molecular weight excluding hydrogens is 260 g/mol. The Bertz CT molecular complexity index is 369. The number of hydrogen-bond donors (Lipinski definition) is 2. The molecule has 2 bridgehead atoms. The van der Waals surface area contributed by atoms with E-state index in [1.54, 1.807) is 12.0 Å². The van der Waals surface area contributed by atoms with E-state index in [0.29, 0.717) is 13.2 Å². The van der Waals surface area contributed by atoms with E-state index in [1.807, 2.05) is 20.8 Å². The van der Waals surface area contributed by atoms with Gasteiger partial charge in [0.15, 0.2) is 0 Å². The molecule has 2 rings (SSSR count). The Morgan fingerprint density at radius 2 is 2.20 bits per heavy atom. The van der Waals surface area contributed by atoms with Gasteiger partial charge in [-0.15, -0.1) is 0 Å². The number of amides is 1. The number of carbonyl (C=O) groups excluding carboxylic acids is 1. The number of aliphatic hydroxyl groups excluding tert-OH is 1. The Hall–Kier alpha value is -0.850. The van der Waals surface area contributed by atoms with Gasteiger partial charge < -0.3 is 19.9 Å². The average Bonchev–Trinajstić information content (AvgIpc) is 2.60. The quantitative estimate of drug-likeness (QED) is 0.800. The van der Waals surface area contributed by atoms with Gasteiger partial charge in [0.1, 0.15) is 5.60 Å². The lowest BCUT2D eigenvalue weighted by atomic mass is 9.96. The number of methoxy groups -OCH3 is 1. The smallest absolute Gasteiger partial charge is 0.411 e. The normalized spacial score (nSPS) is 33.4. The lowest BCUT2D eigenvalue weighted by Crippen LogP contribution is -2.68. The first-order chi connectivity index (χ1) is 9.33. The summed E-state index contributed by atoms with van der Waals surface area (Å²) in [4.78, 5) is 14.4. The molecule has 0 saturated carbocycles. The molecule has 0 aromatic carbocycles. The van der Waals surface area contributed by atoms with Crippen LogP contribution in [-0.2, 0) is 9.47 Å². The van der Waals surface area contributed by atoms with Crippen molar-refractivity contribution in [1.82, 2.24) is 10.2 Å². The maximum Gasteiger partial charge on any atom is 0.411 e. The van der Waals surface area contributed by atoms with Crippen LogP contribution in [0.4, 0.5) is 4.79 Å². The Labute approximate surface area is 120 Å². The molecule has 2 saturated heterocycles. The summed E-state index contributed by atoms with van der Waals surface area (Å²) < 4.78 is 10.9. The largest absolute Gasteiger partial charge is 0.444 e. The molecule has 2 aliphatic heterocycles. The minimum Gasteiger partial charge on any atom is -0.444 e. The van der Waals surface area contributed by atoms with Gasteiger partial charge in [0.25, 0.3) is 0 Å². The van der Waals surface area contributed by atoms with Gasteiger partial charge in [0, 0.05) is 13.7 Å². The fourth-order valence-corrected chi connectivity index (χ4v) is 3.32. The van der Waals surface area contributed by atoms with Gasteiger partial charge in [-0.2, -0.15) is 0 Å². The van der Waals surface area contributed by atoms with Crippen molar-refractivity contribution < 1.29 is 19.4 Å². The van der Waals surface area contributed by atoms with Gasteiger partial charge in [0.2, 0.25) is 0 Å². The number of aliphatic hydroxyl groups is 1. The van der Waals surface area contributed by atoms with E-state index in [2.05, 4.69) is 5.32 Å². The first kappa shape index (κ1) is 15.5. The van der Waals surface area contributed by atoms with E-state index >= 15 is 0 Å². The average molecular weight is 286 g/mol. The number of ether oxygens (including phenoxy) is 2. The standard InChI is InChI=1S/C14H26N2O4/c1-13(2,3)20-12(18)16-11-5-6-14(16,9-19-4)8-15-10(11)7-17/h10-11,15,17H,5-9H2,1-4H3/t10?,11-,14+/m0/s1. The molecule has 116 valence electrons. The predicted octanol–water partition coefficient (Wildman–Crippen LogP) is 0.735. The number of rotatable bonds is 3. The second-order valence-electron chi connectivity index (χ2n) is 6.78. The summed E-state index contributed by atoms with van der Waals surface area (Å²) >= 11 is 0. The number of carbonyl (C=O) groups is 1. The summed E-state index contributed by atoms with van der Waals surface area (Å²) in [5, 5.41) is 12.8. The number of hydrogen-bond acceptors (Lipinski definition) is 5. The molecule has 0 radical (unpaired) electrons. The summed E-state index contributed by atoms with van der Waals surface area (Å²) in [6.45, 7) is 6.72. The Kier molecular flexibility index (Phi) is 4.27. The van der Waals surface area contributed by atoms with Crippen LogP contribution >= 0.6 is 0 Å². The molecular formula is C14H26N2O4. The van der Waals surface area contributed by atoms with Crippen molar-refractivity contribution in [2.45, 2.75) is 56.8 Å². The molecule has 0 aliphatic carbocycles. The van der Waals surface area contributed by atoms with Crippen LogP contribution in [0.25, 0.3) is 0 Å². The highest BCUT2D eigenvalue weighted by atomic mass is 16.6.